The van der Waals surface area contributed by atoms with Crippen LogP contribution in [0.5, 0.6) is 0 Å². The zero-order valence-corrected chi connectivity index (χ0v) is 17.7. The minimum absolute atomic E-state index is 0.411. The van der Waals surface area contributed by atoms with E-state index in [1.165, 1.54) is 11.1 Å². The molecule has 2 N–H and O–H groups in total. The molecule has 0 aliphatic rings. The van der Waals surface area contributed by atoms with Gasteiger partial charge in [-0.2, -0.15) is 0 Å². The van der Waals surface area contributed by atoms with Crippen LogP contribution in [-0.2, 0) is 0 Å². The molecule has 30 heavy (non-hydrogen) atoms. The van der Waals surface area contributed by atoms with Crippen molar-refractivity contribution in [2.45, 2.75) is 25.7 Å². The number of benzene rings is 3. The van der Waals surface area contributed by atoms with E-state index in [-0.39, 0.29) is 0 Å². The average molecular weight is 396 g/mol. The number of nitrogens with zero attached hydrogens (tertiary/aromatic N) is 1. The first kappa shape index (κ1) is 20.0. The van der Waals surface area contributed by atoms with Crippen molar-refractivity contribution in [3.8, 4) is 0 Å². The van der Waals surface area contributed by atoms with Crippen LogP contribution in [0.4, 0.5) is 11.5 Å². The van der Waals surface area contributed by atoms with Crippen LogP contribution < -0.4 is 10.6 Å². The molecule has 0 aliphatic heterocycles. The van der Waals surface area contributed by atoms with E-state index in [2.05, 4.69) is 109 Å². The molecule has 2 atom stereocenters. The minimum Gasteiger partial charge on any atom is -0.384 e. The zero-order valence-electron chi connectivity index (χ0n) is 17.7. The van der Waals surface area contributed by atoms with Gasteiger partial charge in [0.05, 0.1) is 5.52 Å². The summed E-state index contributed by atoms with van der Waals surface area (Å²) >= 11 is 0. The van der Waals surface area contributed by atoms with Gasteiger partial charge in [-0.3, -0.25) is 0 Å². The van der Waals surface area contributed by atoms with Gasteiger partial charge in [0.25, 0.3) is 0 Å². The van der Waals surface area contributed by atoms with Crippen LogP contribution in [0.1, 0.15) is 36.8 Å². The van der Waals surface area contributed by atoms with Gasteiger partial charge in [-0.25, -0.2) is 4.98 Å². The topological polar surface area (TPSA) is 37.0 Å². The fraction of sp³-hybridized carbons (Fsp3) is 0.222. The summed E-state index contributed by atoms with van der Waals surface area (Å²) in [6.07, 6.45) is 0. The van der Waals surface area contributed by atoms with Crippen LogP contribution in [0.25, 0.3) is 10.9 Å². The van der Waals surface area contributed by atoms with Crippen LogP contribution in [-0.4, -0.2) is 18.1 Å². The van der Waals surface area contributed by atoms with Crippen LogP contribution in [0.2, 0.25) is 0 Å². The van der Waals surface area contributed by atoms with Crippen molar-refractivity contribution in [3.05, 3.63) is 102 Å². The first-order valence-electron chi connectivity index (χ1n) is 10.7. The van der Waals surface area contributed by atoms with Crippen LogP contribution in [0, 0.1) is 0 Å². The standard InChI is InChI=1S/C27H29N3/c1-20(22-11-5-3-6-12-22)18-28-26-17-27(30-25-16-10-9-15-24(25)26)29-19-21(2)23-13-7-4-8-14-23/h3-17,20-21H,18-19H2,1-2H3,(H2,28,29,30). The molecule has 3 nitrogen and oxygen atoms in total. The summed E-state index contributed by atoms with van der Waals surface area (Å²) in [5.74, 6) is 1.74. The van der Waals surface area contributed by atoms with Gasteiger partial charge >= 0.3 is 0 Å². The largest absolute Gasteiger partial charge is 0.384 e. The number of hydrogen-bond acceptors (Lipinski definition) is 3. The molecule has 4 aromatic rings. The third kappa shape index (κ3) is 4.80. The molecule has 0 saturated carbocycles. The lowest BCUT2D eigenvalue weighted by Crippen LogP contribution is -2.13. The molecular formula is C27H29N3. The SMILES string of the molecule is CC(CNc1cc(NCC(C)c2ccccc2)c2ccccc2n1)c1ccccc1. The van der Waals surface area contributed by atoms with E-state index in [4.69, 9.17) is 4.98 Å². The molecule has 0 fully saturated rings. The molecule has 0 amide bonds. The zero-order chi connectivity index (χ0) is 20.8. The van der Waals surface area contributed by atoms with E-state index >= 15 is 0 Å². The second-order valence-corrected chi connectivity index (χ2v) is 7.96. The van der Waals surface area contributed by atoms with Crippen molar-refractivity contribution in [1.29, 1.82) is 0 Å². The summed E-state index contributed by atoms with van der Waals surface area (Å²) < 4.78 is 0. The highest BCUT2D eigenvalue weighted by Gasteiger charge is 2.10. The van der Waals surface area contributed by atoms with Crippen molar-refractivity contribution in [2.75, 3.05) is 23.7 Å². The quantitative estimate of drug-likeness (QED) is 0.350. The second-order valence-electron chi connectivity index (χ2n) is 7.96. The van der Waals surface area contributed by atoms with E-state index in [0.717, 1.165) is 35.5 Å². The number of pyridine rings is 1. The molecule has 1 heterocycles. The Kier molecular flexibility index (Phi) is 6.29. The predicted octanol–water partition coefficient (Wildman–Crippen LogP) is 6.67. The van der Waals surface area contributed by atoms with Crippen molar-refractivity contribution < 1.29 is 0 Å². The molecule has 0 bridgehead atoms. The maximum atomic E-state index is 4.84. The lowest BCUT2D eigenvalue weighted by Gasteiger charge is -2.18. The maximum absolute atomic E-state index is 4.84. The first-order valence-corrected chi connectivity index (χ1v) is 10.7. The van der Waals surface area contributed by atoms with Crippen molar-refractivity contribution in [3.63, 3.8) is 0 Å². The van der Waals surface area contributed by atoms with Gasteiger partial charge < -0.3 is 10.6 Å². The summed E-state index contributed by atoms with van der Waals surface area (Å²) in [6.45, 7) is 6.21. The lowest BCUT2D eigenvalue weighted by molar-refractivity contribution is 0.800. The molecular weight excluding hydrogens is 366 g/mol. The van der Waals surface area contributed by atoms with Crippen LogP contribution in [0.3, 0.4) is 0 Å². The Morgan fingerprint density at radius 2 is 1.20 bits per heavy atom. The summed E-state index contributed by atoms with van der Waals surface area (Å²) in [7, 11) is 0. The van der Waals surface area contributed by atoms with Crippen molar-refractivity contribution in [1.82, 2.24) is 4.98 Å². The smallest absolute Gasteiger partial charge is 0.128 e. The normalized spacial score (nSPS) is 13.0. The summed E-state index contributed by atoms with van der Waals surface area (Å²) in [5, 5.41) is 8.36. The molecule has 2 unspecified atom stereocenters. The van der Waals surface area contributed by atoms with E-state index < -0.39 is 0 Å². The molecule has 3 aromatic carbocycles. The van der Waals surface area contributed by atoms with Crippen molar-refractivity contribution in [2.24, 2.45) is 0 Å². The first-order chi connectivity index (χ1) is 14.7. The molecule has 152 valence electrons. The number of anilines is 2. The molecule has 0 spiro atoms. The van der Waals surface area contributed by atoms with Gasteiger partial charge in [-0.15, -0.1) is 0 Å². The molecule has 4 rings (SSSR count). The molecule has 0 saturated heterocycles. The highest BCUT2D eigenvalue weighted by atomic mass is 15.0. The van der Waals surface area contributed by atoms with Gasteiger partial charge in [0.2, 0.25) is 0 Å². The Labute approximate surface area is 179 Å². The van der Waals surface area contributed by atoms with Gasteiger partial charge in [-0.05, 0) is 29.0 Å². The van der Waals surface area contributed by atoms with E-state index in [0.29, 0.717) is 11.8 Å². The average Bonchev–Trinajstić information content (AvgIpc) is 2.81. The van der Waals surface area contributed by atoms with Crippen LogP contribution in [0.15, 0.2) is 91.0 Å². The second kappa shape index (κ2) is 9.45. The number of hydrogen-bond donors (Lipinski definition) is 2. The van der Waals surface area contributed by atoms with E-state index in [1.54, 1.807) is 0 Å². The van der Waals surface area contributed by atoms with Crippen molar-refractivity contribution >= 4 is 22.4 Å². The highest BCUT2D eigenvalue weighted by Crippen LogP contribution is 2.27. The molecule has 0 radical (unpaired) electrons. The number of fused-ring (bicyclic) bond motifs is 1. The number of aromatic nitrogens is 1. The van der Waals surface area contributed by atoms with Gasteiger partial charge in [0, 0.05) is 30.2 Å². The number of nitrogens with one attached hydrogen (secondary N) is 2. The van der Waals surface area contributed by atoms with Gasteiger partial charge in [-0.1, -0.05) is 92.7 Å². The molecule has 0 aliphatic carbocycles. The number of rotatable bonds is 8. The third-order valence-electron chi connectivity index (χ3n) is 5.64. The Balaban J connectivity index is 1.50. The van der Waals surface area contributed by atoms with Crippen LogP contribution >= 0.6 is 0 Å². The van der Waals surface area contributed by atoms with E-state index in [9.17, 15) is 0 Å². The summed E-state index contributed by atoms with van der Waals surface area (Å²) in [6, 6.07) is 31.7. The Morgan fingerprint density at radius 3 is 1.83 bits per heavy atom. The molecule has 1 aromatic heterocycles. The minimum atomic E-state index is 0.411. The fourth-order valence-electron chi connectivity index (χ4n) is 3.73. The third-order valence-corrected chi connectivity index (χ3v) is 5.64. The van der Waals surface area contributed by atoms with Gasteiger partial charge in [0.1, 0.15) is 5.82 Å². The predicted molar refractivity (Wildman–Crippen MR) is 128 cm³/mol. The highest BCUT2D eigenvalue weighted by molar-refractivity contribution is 5.93. The van der Waals surface area contributed by atoms with Gasteiger partial charge in [0.15, 0.2) is 0 Å². The van der Waals surface area contributed by atoms with E-state index in [1.807, 2.05) is 6.07 Å². The summed E-state index contributed by atoms with van der Waals surface area (Å²) in [4.78, 5) is 4.84. The maximum Gasteiger partial charge on any atom is 0.128 e. The molecule has 3 heteroatoms. The Bertz CT molecular complexity index is 1080. The lowest BCUT2D eigenvalue weighted by atomic mass is 10.0. The summed E-state index contributed by atoms with van der Waals surface area (Å²) in [5.41, 5.74) is 4.81. The number of para-hydroxylation sites is 1. The Hall–Kier alpha value is -3.33. The Morgan fingerprint density at radius 1 is 0.667 bits per heavy atom. The monoisotopic (exact) mass is 395 g/mol. The fourth-order valence-corrected chi connectivity index (χ4v) is 3.73.